The molecule has 1 saturated carbocycles. The number of pyridine rings is 1. The lowest BCUT2D eigenvalue weighted by molar-refractivity contribution is -0.138. The van der Waals surface area contributed by atoms with Gasteiger partial charge < -0.3 is 4.74 Å². The SMILES string of the molecule is O=C(COC1CCCCC1)NS(=O)(=O)c1ccc(C(F)(F)F)cn1. The summed E-state index contributed by atoms with van der Waals surface area (Å²) in [7, 11) is -4.33. The number of halogens is 3. The van der Waals surface area contributed by atoms with Gasteiger partial charge >= 0.3 is 6.18 Å². The molecule has 1 aliphatic carbocycles. The summed E-state index contributed by atoms with van der Waals surface area (Å²) in [6.07, 6.45) is 0.460. The predicted molar refractivity (Wildman–Crippen MR) is 77.4 cm³/mol. The highest BCUT2D eigenvalue weighted by atomic mass is 32.2. The zero-order valence-electron chi connectivity index (χ0n) is 12.7. The summed E-state index contributed by atoms with van der Waals surface area (Å²) in [4.78, 5) is 14.9. The van der Waals surface area contributed by atoms with Gasteiger partial charge in [0.15, 0.2) is 5.03 Å². The Kier molecular flexibility index (Phi) is 5.81. The van der Waals surface area contributed by atoms with E-state index in [1.54, 1.807) is 4.72 Å². The van der Waals surface area contributed by atoms with Crippen LogP contribution >= 0.6 is 0 Å². The monoisotopic (exact) mass is 366 g/mol. The molecular weight excluding hydrogens is 349 g/mol. The van der Waals surface area contributed by atoms with Crippen LogP contribution < -0.4 is 4.72 Å². The summed E-state index contributed by atoms with van der Waals surface area (Å²) in [6, 6.07) is 1.28. The van der Waals surface area contributed by atoms with Gasteiger partial charge in [-0.1, -0.05) is 19.3 Å². The summed E-state index contributed by atoms with van der Waals surface area (Å²) in [5.74, 6) is -0.887. The van der Waals surface area contributed by atoms with Crippen molar-refractivity contribution in [3.63, 3.8) is 0 Å². The lowest BCUT2D eigenvalue weighted by Crippen LogP contribution is -2.35. The standard InChI is InChI=1S/C14H17F3N2O4S/c15-14(16,17)10-6-7-13(18-8-10)24(21,22)19-12(20)9-23-11-4-2-1-3-5-11/h6-8,11H,1-5,9H2,(H,19,20). The molecule has 0 aliphatic heterocycles. The number of hydrogen-bond donors (Lipinski definition) is 1. The average molecular weight is 366 g/mol. The fraction of sp³-hybridized carbons (Fsp3) is 0.571. The van der Waals surface area contributed by atoms with E-state index in [0.717, 1.165) is 32.1 Å². The maximum Gasteiger partial charge on any atom is 0.417 e. The molecule has 1 aromatic heterocycles. The van der Waals surface area contributed by atoms with Gasteiger partial charge in [-0.3, -0.25) is 4.79 Å². The summed E-state index contributed by atoms with van der Waals surface area (Å²) in [5, 5.41) is -0.665. The molecule has 10 heteroatoms. The van der Waals surface area contributed by atoms with Crippen LogP contribution in [0.5, 0.6) is 0 Å². The van der Waals surface area contributed by atoms with Gasteiger partial charge in [-0.2, -0.15) is 21.6 Å². The molecule has 1 heterocycles. The number of rotatable bonds is 5. The molecule has 24 heavy (non-hydrogen) atoms. The van der Waals surface area contributed by atoms with E-state index < -0.39 is 39.3 Å². The van der Waals surface area contributed by atoms with Crippen LogP contribution in [0.4, 0.5) is 13.2 Å². The lowest BCUT2D eigenvalue weighted by atomic mass is 9.98. The Morgan fingerprint density at radius 3 is 2.46 bits per heavy atom. The molecular formula is C14H17F3N2O4S. The van der Waals surface area contributed by atoms with E-state index in [-0.39, 0.29) is 6.10 Å². The van der Waals surface area contributed by atoms with Gasteiger partial charge in [-0.05, 0) is 25.0 Å². The Morgan fingerprint density at radius 1 is 1.25 bits per heavy atom. The fourth-order valence-electron chi connectivity index (χ4n) is 2.36. The van der Waals surface area contributed by atoms with Crippen LogP contribution in [0.3, 0.4) is 0 Å². The highest BCUT2D eigenvalue weighted by Gasteiger charge is 2.31. The highest BCUT2D eigenvalue weighted by Crippen LogP contribution is 2.28. The number of hydrogen-bond acceptors (Lipinski definition) is 5. The number of nitrogens with one attached hydrogen (secondary N) is 1. The molecule has 1 aliphatic rings. The number of ether oxygens (including phenoxy) is 1. The van der Waals surface area contributed by atoms with Gasteiger partial charge in [-0.25, -0.2) is 9.71 Å². The smallest absolute Gasteiger partial charge is 0.368 e. The topological polar surface area (TPSA) is 85.4 Å². The molecule has 0 saturated heterocycles. The number of aromatic nitrogens is 1. The third kappa shape index (κ3) is 5.17. The Labute approximate surface area is 137 Å². The zero-order chi connectivity index (χ0) is 17.8. The van der Waals surface area contributed by atoms with Crippen molar-refractivity contribution >= 4 is 15.9 Å². The molecule has 0 bridgehead atoms. The van der Waals surface area contributed by atoms with Crippen LogP contribution in [0.15, 0.2) is 23.4 Å². The normalized spacial score (nSPS) is 16.8. The van der Waals surface area contributed by atoms with E-state index in [2.05, 4.69) is 4.98 Å². The maximum absolute atomic E-state index is 12.4. The van der Waals surface area contributed by atoms with Crippen LogP contribution in [-0.4, -0.2) is 32.0 Å². The van der Waals surface area contributed by atoms with Crippen molar-refractivity contribution in [2.45, 2.75) is 49.4 Å². The average Bonchev–Trinajstić information content (AvgIpc) is 2.53. The first-order valence-electron chi connectivity index (χ1n) is 7.39. The van der Waals surface area contributed by atoms with Crippen LogP contribution in [0, 0.1) is 0 Å². The van der Waals surface area contributed by atoms with E-state index >= 15 is 0 Å². The van der Waals surface area contributed by atoms with Crippen molar-refractivity contribution in [3.05, 3.63) is 23.9 Å². The zero-order valence-corrected chi connectivity index (χ0v) is 13.5. The molecule has 1 N–H and O–H groups in total. The molecule has 1 fully saturated rings. The molecule has 134 valence electrons. The Balaban J connectivity index is 1.93. The molecule has 0 spiro atoms. The van der Waals surface area contributed by atoms with Crippen molar-refractivity contribution in [2.75, 3.05) is 6.61 Å². The second-order valence-electron chi connectivity index (χ2n) is 5.48. The number of nitrogens with zero attached hydrogens (tertiary/aromatic N) is 1. The van der Waals surface area contributed by atoms with Gasteiger partial charge in [0.25, 0.3) is 15.9 Å². The van der Waals surface area contributed by atoms with Crippen molar-refractivity contribution in [2.24, 2.45) is 0 Å². The molecule has 1 aromatic rings. The number of alkyl halides is 3. The highest BCUT2D eigenvalue weighted by molar-refractivity contribution is 7.90. The summed E-state index contributed by atoms with van der Waals surface area (Å²) in [5.41, 5.74) is -1.08. The van der Waals surface area contributed by atoms with Crippen molar-refractivity contribution in [1.29, 1.82) is 0 Å². The fourth-order valence-corrected chi connectivity index (χ4v) is 3.27. The summed E-state index contributed by atoms with van der Waals surface area (Å²) >= 11 is 0. The summed E-state index contributed by atoms with van der Waals surface area (Å²) < 4.78 is 68.2. The van der Waals surface area contributed by atoms with Gasteiger partial charge in [-0.15, -0.1) is 0 Å². The molecule has 2 rings (SSSR count). The molecule has 0 unspecified atom stereocenters. The molecule has 6 nitrogen and oxygen atoms in total. The predicted octanol–water partition coefficient (Wildman–Crippen LogP) is 2.25. The van der Waals surface area contributed by atoms with E-state index in [1.807, 2.05) is 0 Å². The third-order valence-corrected chi connectivity index (χ3v) is 4.88. The van der Waals surface area contributed by atoms with Crippen LogP contribution in [0.2, 0.25) is 0 Å². The number of sulfonamides is 1. The van der Waals surface area contributed by atoms with Crippen molar-refractivity contribution in [3.8, 4) is 0 Å². The third-order valence-electron chi connectivity index (χ3n) is 3.59. The summed E-state index contributed by atoms with van der Waals surface area (Å²) in [6.45, 7) is -0.426. The first kappa shape index (κ1) is 18.7. The van der Waals surface area contributed by atoms with Gasteiger partial charge in [0.1, 0.15) is 6.61 Å². The minimum absolute atomic E-state index is 0.0728. The van der Waals surface area contributed by atoms with Crippen molar-refractivity contribution in [1.82, 2.24) is 9.71 Å². The molecule has 1 amide bonds. The van der Waals surface area contributed by atoms with Gasteiger partial charge in [0.2, 0.25) is 0 Å². The van der Waals surface area contributed by atoms with Gasteiger partial charge in [0, 0.05) is 6.20 Å². The lowest BCUT2D eigenvalue weighted by Gasteiger charge is -2.21. The minimum atomic E-state index is -4.62. The van der Waals surface area contributed by atoms with Crippen molar-refractivity contribution < 1.29 is 31.1 Å². The molecule has 0 atom stereocenters. The quantitative estimate of drug-likeness (QED) is 0.864. The van der Waals surface area contributed by atoms with E-state index in [4.69, 9.17) is 4.74 Å². The Morgan fingerprint density at radius 2 is 1.92 bits per heavy atom. The molecule has 0 aromatic carbocycles. The first-order valence-corrected chi connectivity index (χ1v) is 8.87. The van der Waals surface area contributed by atoms with Crippen LogP contribution in [-0.2, 0) is 25.7 Å². The second-order valence-corrected chi connectivity index (χ2v) is 7.11. The minimum Gasteiger partial charge on any atom is -0.368 e. The van der Waals surface area contributed by atoms with E-state index in [0.29, 0.717) is 18.3 Å². The Hall–Kier alpha value is -1.68. The number of amides is 1. The second kappa shape index (κ2) is 7.47. The number of carbonyl (C=O) groups excluding carboxylic acids is 1. The largest absolute Gasteiger partial charge is 0.417 e. The number of carbonyl (C=O) groups is 1. The van der Waals surface area contributed by atoms with E-state index in [9.17, 15) is 26.4 Å². The van der Waals surface area contributed by atoms with Crippen LogP contribution in [0.25, 0.3) is 0 Å². The Bertz CT molecular complexity index is 668. The first-order chi connectivity index (χ1) is 11.2. The van der Waals surface area contributed by atoms with Gasteiger partial charge in [0.05, 0.1) is 11.7 Å². The van der Waals surface area contributed by atoms with E-state index in [1.165, 1.54) is 0 Å². The van der Waals surface area contributed by atoms with Crippen LogP contribution in [0.1, 0.15) is 37.7 Å². The maximum atomic E-state index is 12.4. The molecule has 0 radical (unpaired) electrons.